The van der Waals surface area contributed by atoms with Crippen LogP contribution in [0.3, 0.4) is 0 Å². The molecule has 1 aliphatic carbocycles. The maximum atomic E-state index is 13.7. The van der Waals surface area contributed by atoms with E-state index in [0.29, 0.717) is 39.5 Å². The van der Waals surface area contributed by atoms with Crippen LogP contribution in [0.1, 0.15) is 48.2 Å². The fourth-order valence-corrected chi connectivity index (χ4v) is 4.05. The standard InChI is InChI=1S/C22H25FN4O3/c1-11-19(10-17-16-9-13(23)3-8-18(16)27-21(17)28)25-12(2)20(11)30-22(29)26-15-6-4-14(24)5-7-15/h3,8-10,14-15,25H,4-7,24H2,1-2H3,(H,26,29)(H,27,28)/b17-10-. The van der Waals surface area contributed by atoms with Crippen LogP contribution in [-0.4, -0.2) is 29.1 Å². The molecule has 4 rings (SSSR count). The van der Waals surface area contributed by atoms with Crippen molar-refractivity contribution < 1.29 is 18.7 Å². The van der Waals surface area contributed by atoms with Gasteiger partial charge in [0, 0.05) is 34.6 Å². The third kappa shape index (κ3) is 3.95. The quantitative estimate of drug-likeness (QED) is 0.577. The molecule has 5 N–H and O–H groups in total. The number of aryl methyl sites for hydroxylation is 1. The highest BCUT2D eigenvalue weighted by molar-refractivity contribution is 6.34. The van der Waals surface area contributed by atoms with Crippen molar-refractivity contribution in [2.45, 2.75) is 51.6 Å². The summed E-state index contributed by atoms with van der Waals surface area (Å²) in [6, 6.07) is 4.43. The van der Waals surface area contributed by atoms with E-state index >= 15 is 0 Å². The molecule has 1 aromatic heterocycles. The molecule has 1 saturated carbocycles. The van der Waals surface area contributed by atoms with Gasteiger partial charge < -0.3 is 26.1 Å². The predicted octanol–water partition coefficient (Wildman–Crippen LogP) is 3.62. The number of rotatable bonds is 3. The van der Waals surface area contributed by atoms with Crippen LogP contribution < -0.4 is 21.1 Å². The molecule has 30 heavy (non-hydrogen) atoms. The van der Waals surface area contributed by atoms with Gasteiger partial charge in [0.2, 0.25) is 0 Å². The molecular formula is C22H25FN4O3. The van der Waals surface area contributed by atoms with E-state index in [0.717, 1.165) is 25.7 Å². The molecular weight excluding hydrogens is 387 g/mol. The second kappa shape index (κ2) is 7.95. The minimum Gasteiger partial charge on any atom is -0.408 e. The highest BCUT2D eigenvalue weighted by Gasteiger charge is 2.26. The molecule has 2 heterocycles. The van der Waals surface area contributed by atoms with Crippen molar-refractivity contribution in [2.24, 2.45) is 5.73 Å². The zero-order chi connectivity index (χ0) is 21.4. The second-order valence-electron chi connectivity index (χ2n) is 7.97. The lowest BCUT2D eigenvalue weighted by Gasteiger charge is -2.26. The second-order valence-corrected chi connectivity index (χ2v) is 7.97. The van der Waals surface area contributed by atoms with Gasteiger partial charge in [0.05, 0.1) is 11.3 Å². The lowest BCUT2D eigenvalue weighted by atomic mass is 9.92. The minimum absolute atomic E-state index is 0.0621. The minimum atomic E-state index is -0.508. The number of amides is 2. The number of nitrogens with one attached hydrogen (secondary N) is 3. The average Bonchev–Trinajstić information content (AvgIpc) is 3.14. The molecule has 0 unspecified atom stereocenters. The van der Waals surface area contributed by atoms with Gasteiger partial charge in [-0.2, -0.15) is 0 Å². The summed E-state index contributed by atoms with van der Waals surface area (Å²) < 4.78 is 19.2. The van der Waals surface area contributed by atoms with Crippen molar-refractivity contribution >= 4 is 29.3 Å². The van der Waals surface area contributed by atoms with Crippen molar-refractivity contribution in [3.63, 3.8) is 0 Å². The summed E-state index contributed by atoms with van der Waals surface area (Å²) in [7, 11) is 0. The Morgan fingerprint density at radius 3 is 2.73 bits per heavy atom. The number of hydrogen-bond acceptors (Lipinski definition) is 4. The molecule has 1 fully saturated rings. The Morgan fingerprint density at radius 1 is 1.27 bits per heavy atom. The Bertz CT molecular complexity index is 1040. The van der Waals surface area contributed by atoms with E-state index in [1.807, 2.05) is 0 Å². The SMILES string of the molecule is Cc1[nH]c(/C=C2\C(=O)Nc3ccc(F)cc32)c(C)c1OC(=O)NC1CCC(N)CC1. The lowest BCUT2D eigenvalue weighted by molar-refractivity contribution is -0.110. The van der Waals surface area contributed by atoms with E-state index < -0.39 is 11.9 Å². The molecule has 0 bridgehead atoms. The summed E-state index contributed by atoms with van der Waals surface area (Å²) in [5, 5.41) is 5.62. The first-order valence-corrected chi connectivity index (χ1v) is 10.1. The summed E-state index contributed by atoms with van der Waals surface area (Å²) in [5.41, 5.74) is 9.31. The lowest BCUT2D eigenvalue weighted by Crippen LogP contribution is -2.41. The predicted molar refractivity (Wildman–Crippen MR) is 113 cm³/mol. The number of hydrogen-bond donors (Lipinski definition) is 4. The number of ether oxygens (including phenoxy) is 1. The Balaban J connectivity index is 1.53. The molecule has 0 radical (unpaired) electrons. The van der Waals surface area contributed by atoms with Crippen LogP contribution in [0, 0.1) is 19.7 Å². The molecule has 0 saturated heterocycles. The molecule has 1 aromatic carbocycles. The smallest absolute Gasteiger partial charge is 0.408 e. The summed E-state index contributed by atoms with van der Waals surface area (Å²) >= 11 is 0. The molecule has 2 aromatic rings. The number of anilines is 1. The first kappa shape index (κ1) is 20.2. The van der Waals surface area contributed by atoms with E-state index in [1.54, 1.807) is 19.9 Å². The van der Waals surface area contributed by atoms with Gasteiger partial charge in [-0.15, -0.1) is 0 Å². The number of fused-ring (bicyclic) bond motifs is 1. The van der Waals surface area contributed by atoms with E-state index in [-0.39, 0.29) is 18.0 Å². The van der Waals surface area contributed by atoms with Gasteiger partial charge >= 0.3 is 6.09 Å². The number of aromatic amines is 1. The van der Waals surface area contributed by atoms with Gasteiger partial charge in [-0.25, -0.2) is 9.18 Å². The van der Waals surface area contributed by atoms with Gasteiger partial charge in [-0.1, -0.05) is 0 Å². The zero-order valence-corrected chi connectivity index (χ0v) is 17.0. The highest BCUT2D eigenvalue weighted by atomic mass is 19.1. The first-order chi connectivity index (χ1) is 14.3. The molecule has 1 aliphatic heterocycles. The van der Waals surface area contributed by atoms with Crippen molar-refractivity contribution in [3.8, 4) is 5.75 Å². The maximum Gasteiger partial charge on any atom is 0.412 e. The molecule has 8 heteroatoms. The third-order valence-electron chi connectivity index (χ3n) is 5.75. The third-order valence-corrected chi connectivity index (χ3v) is 5.75. The Labute approximate surface area is 173 Å². The van der Waals surface area contributed by atoms with Gasteiger partial charge in [0.15, 0.2) is 5.75 Å². The van der Waals surface area contributed by atoms with Crippen molar-refractivity contribution in [2.75, 3.05) is 5.32 Å². The molecule has 7 nitrogen and oxygen atoms in total. The zero-order valence-electron chi connectivity index (χ0n) is 17.0. The van der Waals surface area contributed by atoms with E-state index in [2.05, 4.69) is 15.6 Å². The fourth-order valence-electron chi connectivity index (χ4n) is 4.05. The first-order valence-electron chi connectivity index (χ1n) is 10.1. The molecule has 2 amide bonds. The van der Waals surface area contributed by atoms with Crippen LogP contribution in [0.2, 0.25) is 0 Å². The largest absolute Gasteiger partial charge is 0.412 e. The van der Waals surface area contributed by atoms with Gasteiger partial charge in [-0.05, 0) is 63.8 Å². The van der Waals surface area contributed by atoms with Crippen molar-refractivity contribution in [1.82, 2.24) is 10.3 Å². The summed E-state index contributed by atoms with van der Waals surface area (Å²) in [6.07, 6.45) is 4.58. The number of nitrogens with two attached hydrogens (primary N) is 1. The average molecular weight is 412 g/mol. The van der Waals surface area contributed by atoms with Crippen LogP contribution in [-0.2, 0) is 4.79 Å². The fraction of sp³-hybridized carbons (Fsp3) is 0.364. The Morgan fingerprint density at radius 2 is 2.00 bits per heavy atom. The summed E-state index contributed by atoms with van der Waals surface area (Å²) in [5.74, 6) is -0.303. The van der Waals surface area contributed by atoms with Crippen LogP contribution >= 0.6 is 0 Å². The monoisotopic (exact) mass is 412 g/mol. The molecule has 158 valence electrons. The van der Waals surface area contributed by atoms with E-state index in [4.69, 9.17) is 10.5 Å². The van der Waals surface area contributed by atoms with Gasteiger partial charge in [-0.3, -0.25) is 4.79 Å². The summed E-state index contributed by atoms with van der Waals surface area (Å²) in [6.45, 7) is 3.59. The highest BCUT2D eigenvalue weighted by Crippen LogP contribution is 2.35. The van der Waals surface area contributed by atoms with E-state index in [9.17, 15) is 14.0 Å². The number of carbonyl (C=O) groups is 2. The van der Waals surface area contributed by atoms with Gasteiger partial charge in [0.25, 0.3) is 5.91 Å². The molecule has 0 spiro atoms. The Kier molecular flexibility index (Phi) is 5.34. The van der Waals surface area contributed by atoms with Crippen molar-refractivity contribution in [1.29, 1.82) is 0 Å². The van der Waals surface area contributed by atoms with E-state index in [1.165, 1.54) is 18.2 Å². The van der Waals surface area contributed by atoms with Crippen LogP contribution in [0.25, 0.3) is 11.6 Å². The maximum absolute atomic E-state index is 13.7. The van der Waals surface area contributed by atoms with Crippen LogP contribution in [0.15, 0.2) is 18.2 Å². The molecule has 2 aliphatic rings. The van der Waals surface area contributed by atoms with Crippen LogP contribution in [0.4, 0.5) is 14.9 Å². The topological polar surface area (TPSA) is 109 Å². The molecule has 0 atom stereocenters. The number of halogens is 1. The number of H-pyrrole nitrogens is 1. The Hall–Kier alpha value is -3.13. The number of aromatic nitrogens is 1. The van der Waals surface area contributed by atoms with Crippen molar-refractivity contribution in [3.05, 3.63) is 46.5 Å². The van der Waals surface area contributed by atoms with Gasteiger partial charge in [0.1, 0.15) is 5.82 Å². The normalized spacial score (nSPS) is 22.0. The van der Waals surface area contributed by atoms with Crippen LogP contribution in [0.5, 0.6) is 5.75 Å². The number of benzene rings is 1. The summed E-state index contributed by atoms with van der Waals surface area (Å²) in [4.78, 5) is 27.9. The number of carbonyl (C=O) groups excluding carboxylic acids is 2.